The molecule has 1 aliphatic heterocycles. The molecule has 2 aromatic rings. The van der Waals surface area contributed by atoms with Gasteiger partial charge in [-0.3, -0.25) is 0 Å². The van der Waals surface area contributed by atoms with Crippen LogP contribution < -0.4 is 9.47 Å². The van der Waals surface area contributed by atoms with Gasteiger partial charge in [0.05, 0.1) is 23.3 Å². The van der Waals surface area contributed by atoms with Crippen molar-refractivity contribution in [1.82, 2.24) is 0 Å². The maximum Gasteiger partial charge on any atom is 0.343 e. The first kappa shape index (κ1) is 19.9. The minimum atomic E-state index is -0.398. The Hall–Kier alpha value is -2.80. The second-order valence-corrected chi connectivity index (χ2v) is 7.33. The molecule has 4 heteroatoms. The summed E-state index contributed by atoms with van der Waals surface area (Å²) in [6, 6.07) is 14.1. The Morgan fingerprint density at radius 3 is 2.68 bits per heavy atom. The van der Waals surface area contributed by atoms with Crippen LogP contribution in [0.4, 0.5) is 0 Å². The summed E-state index contributed by atoms with van der Waals surface area (Å²) in [5.41, 5.74) is 2.12. The van der Waals surface area contributed by atoms with Crippen molar-refractivity contribution in [2.75, 3.05) is 0 Å². The van der Waals surface area contributed by atoms with Gasteiger partial charge in [-0.1, -0.05) is 32.6 Å². The van der Waals surface area contributed by atoms with Gasteiger partial charge in [0.25, 0.3) is 0 Å². The zero-order valence-electron chi connectivity index (χ0n) is 16.4. The highest BCUT2D eigenvalue weighted by atomic mass is 16.5. The standard InChI is InChI=1S/C24H27NO3/c1-2-3-4-5-6-7-21-14-10-19-16-20(11-15-23(19)27-21)24(26)28-22-12-8-18(17-25)9-13-22/h8-9,11-13,15-16,21H,2-7,10,14H2,1H3. The topological polar surface area (TPSA) is 59.3 Å². The van der Waals surface area contributed by atoms with Crippen LogP contribution in [-0.4, -0.2) is 12.1 Å². The van der Waals surface area contributed by atoms with Crippen molar-refractivity contribution in [3.63, 3.8) is 0 Å². The summed E-state index contributed by atoms with van der Waals surface area (Å²) in [7, 11) is 0. The largest absolute Gasteiger partial charge is 0.490 e. The molecule has 0 saturated carbocycles. The fraction of sp³-hybridized carbons (Fsp3) is 0.417. The number of unbranched alkanes of at least 4 members (excludes halogenated alkanes) is 4. The van der Waals surface area contributed by atoms with Crippen molar-refractivity contribution >= 4 is 5.97 Å². The Morgan fingerprint density at radius 2 is 1.93 bits per heavy atom. The number of benzene rings is 2. The van der Waals surface area contributed by atoms with E-state index in [2.05, 4.69) is 6.92 Å². The lowest BCUT2D eigenvalue weighted by molar-refractivity contribution is 0.0734. The molecule has 146 valence electrons. The Bertz CT molecular complexity index is 836. The van der Waals surface area contributed by atoms with Gasteiger partial charge in [0.1, 0.15) is 11.5 Å². The number of ether oxygens (including phenoxy) is 2. The predicted molar refractivity (Wildman–Crippen MR) is 109 cm³/mol. The fourth-order valence-corrected chi connectivity index (χ4v) is 3.51. The molecular formula is C24H27NO3. The average Bonchev–Trinajstić information content (AvgIpc) is 2.73. The van der Waals surface area contributed by atoms with Crippen molar-refractivity contribution < 1.29 is 14.3 Å². The van der Waals surface area contributed by atoms with E-state index in [1.165, 1.54) is 32.1 Å². The lowest BCUT2D eigenvalue weighted by Crippen LogP contribution is -2.23. The Morgan fingerprint density at radius 1 is 1.14 bits per heavy atom. The number of esters is 1. The summed E-state index contributed by atoms with van der Waals surface area (Å²) in [4.78, 5) is 12.4. The molecule has 0 radical (unpaired) electrons. The summed E-state index contributed by atoms with van der Waals surface area (Å²) in [6.45, 7) is 2.23. The van der Waals surface area contributed by atoms with Gasteiger partial charge in [-0.05, 0) is 73.7 Å². The van der Waals surface area contributed by atoms with Crippen molar-refractivity contribution in [3.8, 4) is 17.6 Å². The molecule has 4 nitrogen and oxygen atoms in total. The number of rotatable bonds is 8. The first-order valence-electron chi connectivity index (χ1n) is 10.2. The highest BCUT2D eigenvalue weighted by Gasteiger charge is 2.21. The summed E-state index contributed by atoms with van der Waals surface area (Å²) in [5.74, 6) is 0.923. The molecular weight excluding hydrogens is 350 g/mol. The molecule has 0 bridgehead atoms. The Balaban J connectivity index is 1.55. The maximum absolute atomic E-state index is 12.4. The minimum absolute atomic E-state index is 0.283. The van der Waals surface area contributed by atoms with Gasteiger partial charge in [-0.15, -0.1) is 0 Å². The number of carbonyl (C=O) groups excluding carboxylic acids is 1. The predicted octanol–water partition coefficient (Wildman–Crippen LogP) is 5.83. The summed E-state index contributed by atoms with van der Waals surface area (Å²) in [5, 5.41) is 8.83. The number of nitrogens with zero attached hydrogens (tertiary/aromatic N) is 1. The third-order valence-corrected chi connectivity index (χ3v) is 5.15. The molecule has 0 amide bonds. The molecule has 1 unspecified atom stereocenters. The highest BCUT2D eigenvalue weighted by Crippen LogP contribution is 2.30. The molecule has 0 saturated heterocycles. The Labute approximate surface area is 167 Å². The average molecular weight is 377 g/mol. The lowest BCUT2D eigenvalue weighted by atomic mass is 9.97. The number of nitriles is 1. The van der Waals surface area contributed by atoms with Gasteiger partial charge in [0, 0.05) is 0 Å². The van der Waals surface area contributed by atoms with Crippen LogP contribution in [0.5, 0.6) is 11.5 Å². The van der Waals surface area contributed by atoms with E-state index >= 15 is 0 Å². The van der Waals surface area contributed by atoms with Crippen LogP contribution in [0, 0.1) is 11.3 Å². The molecule has 1 atom stereocenters. The van der Waals surface area contributed by atoms with E-state index in [0.717, 1.165) is 30.6 Å². The van der Waals surface area contributed by atoms with E-state index in [0.29, 0.717) is 16.9 Å². The lowest BCUT2D eigenvalue weighted by Gasteiger charge is -2.26. The molecule has 0 fully saturated rings. The molecule has 1 heterocycles. The highest BCUT2D eigenvalue weighted by molar-refractivity contribution is 5.91. The van der Waals surface area contributed by atoms with Gasteiger partial charge in [0.2, 0.25) is 0 Å². The molecule has 3 rings (SSSR count). The van der Waals surface area contributed by atoms with Crippen LogP contribution in [0.25, 0.3) is 0 Å². The van der Waals surface area contributed by atoms with Gasteiger partial charge in [-0.25, -0.2) is 4.79 Å². The van der Waals surface area contributed by atoms with Crippen LogP contribution in [0.15, 0.2) is 42.5 Å². The van der Waals surface area contributed by atoms with E-state index in [1.54, 1.807) is 30.3 Å². The quantitative estimate of drug-likeness (QED) is 0.330. The normalized spacial score (nSPS) is 15.2. The van der Waals surface area contributed by atoms with Crippen LogP contribution in [0.1, 0.15) is 73.4 Å². The van der Waals surface area contributed by atoms with Crippen molar-refractivity contribution in [2.45, 2.75) is 64.4 Å². The molecule has 2 aromatic carbocycles. The third kappa shape index (κ3) is 5.36. The fourth-order valence-electron chi connectivity index (χ4n) is 3.51. The summed E-state index contributed by atoms with van der Waals surface area (Å²) < 4.78 is 11.5. The van der Waals surface area contributed by atoms with E-state index in [4.69, 9.17) is 14.7 Å². The SMILES string of the molecule is CCCCCCCC1CCc2cc(C(=O)Oc3ccc(C#N)cc3)ccc2O1. The molecule has 1 aliphatic rings. The zero-order valence-corrected chi connectivity index (χ0v) is 16.4. The zero-order chi connectivity index (χ0) is 19.8. The van der Waals surface area contributed by atoms with Crippen LogP contribution in [-0.2, 0) is 6.42 Å². The van der Waals surface area contributed by atoms with Gasteiger partial charge < -0.3 is 9.47 Å². The van der Waals surface area contributed by atoms with Crippen LogP contribution in [0.2, 0.25) is 0 Å². The van der Waals surface area contributed by atoms with Crippen molar-refractivity contribution in [2.24, 2.45) is 0 Å². The number of hydrogen-bond donors (Lipinski definition) is 0. The Kier molecular flexibility index (Phi) is 7.08. The number of fused-ring (bicyclic) bond motifs is 1. The minimum Gasteiger partial charge on any atom is -0.490 e. The molecule has 0 aliphatic carbocycles. The maximum atomic E-state index is 12.4. The van der Waals surface area contributed by atoms with Crippen LogP contribution >= 0.6 is 0 Å². The third-order valence-electron chi connectivity index (χ3n) is 5.15. The summed E-state index contributed by atoms with van der Waals surface area (Å²) >= 11 is 0. The summed E-state index contributed by atoms with van der Waals surface area (Å²) in [6.07, 6.45) is 9.69. The van der Waals surface area contributed by atoms with E-state index in [-0.39, 0.29) is 6.10 Å². The van der Waals surface area contributed by atoms with E-state index < -0.39 is 5.97 Å². The van der Waals surface area contributed by atoms with E-state index in [1.807, 2.05) is 18.2 Å². The first-order chi connectivity index (χ1) is 13.7. The second kappa shape index (κ2) is 9.94. The van der Waals surface area contributed by atoms with Crippen LogP contribution in [0.3, 0.4) is 0 Å². The number of carbonyl (C=O) groups is 1. The molecule has 28 heavy (non-hydrogen) atoms. The first-order valence-corrected chi connectivity index (χ1v) is 10.2. The van der Waals surface area contributed by atoms with Gasteiger partial charge in [-0.2, -0.15) is 5.26 Å². The van der Waals surface area contributed by atoms with Crippen molar-refractivity contribution in [1.29, 1.82) is 5.26 Å². The number of aryl methyl sites for hydroxylation is 1. The number of hydrogen-bond acceptors (Lipinski definition) is 4. The van der Waals surface area contributed by atoms with Gasteiger partial charge in [0.15, 0.2) is 0 Å². The van der Waals surface area contributed by atoms with Crippen molar-refractivity contribution in [3.05, 3.63) is 59.2 Å². The van der Waals surface area contributed by atoms with E-state index in [9.17, 15) is 4.79 Å². The monoisotopic (exact) mass is 377 g/mol. The second-order valence-electron chi connectivity index (χ2n) is 7.33. The molecule has 0 N–H and O–H groups in total. The molecule has 0 spiro atoms. The molecule has 0 aromatic heterocycles. The van der Waals surface area contributed by atoms with Gasteiger partial charge >= 0.3 is 5.97 Å². The smallest absolute Gasteiger partial charge is 0.343 e.